The number of aromatic nitrogens is 1. The average molecular weight is 380 g/mol. The van der Waals surface area contributed by atoms with Gasteiger partial charge in [0.1, 0.15) is 0 Å². The van der Waals surface area contributed by atoms with Gasteiger partial charge in [-0.05, 0) is 61.9 Å². The van der Waals surface area contributed by atoms with E-state index in [-0.39, 0.29) is 11.9 Å². The Morgan fingerprint density at radius 3 is 2.89 bits per heavy atom. The van der Waals surface area contributed by atoms with Crippen molar-refractivity contribution in [1.29, 1.82) is 0 Å². The lowest BCUT2D eigenvalue weighted by Gasteiger charge is -2.32. The van der Waals surface area contributed by atoms with E-state index >= 15 is 0 Å². The number of hydrogen-bond acceptors (Lipinski definition) is 3. The number of piperidine rings is 1. The fourth-order valence-electron chi connectivity index (χ4n) is 3.53. The van der Waals surface area contributed by atoms with Crippen molar-refractivity contribution in [2.45, 2.75) is 39.2 Å². The van der Waals surface area contributed by atoms with Crippen molar-refractivity contribution in [2.24, 2.45) is 5.92 Å². The van der Waals surface area contributed by atoms with Gasteiger partial charge in [0, 0.05) is 31.4 Å². The highest BCUT2D eigenvalue weighted by Crippen LogP contribution is 2.22. The standard InChI is InChI=1S/C22H28N4O2/c1-17-6-4-9-19(14-17)25-22(28)26-13-5-7-18(16-26)10-11-21(27)24-15-20-8-2-3-12-23-20/h2-4,6,8-9,12,14,18H,5,7,10-11,13,15-16H2,1H3,(H,24,27)(H,25,28)/t18-/m1/s1. The minimum Gasteiger partial charge on any atom is -0.350 e. The van der Waals surface area contributed by atoms with E-state index in [4.69, 9.17) is 0 Å². The number of rotatable bonds is 6. The molecule has 1 aliphatic rings. The fraction of sp³-hybridized carbons (Fsp3) is 0.409. The zero-order valence-electron chi connectivity index (χ0n) is 16.4. The van der Waals surface area contributed by atoms with Crippen LogP contribution in [0.25, 0.3) is 0 Å². The second-order valence-corrected chi connectivity index (χ2v) is 7.39. The predicted octanol–water partition coefficient (Wildman–Crippen LogP) is 3.73. The topological polar surface area (TPSA) is 74.3 Å². The minimum atomic E-state index is -0.0603. The Labute approximate surface area is 166 Å². The first-order valence-electron chi connectivity index (χ1n) is 9.89. The molecule has 0 aliphatic carbocycles. The van der Waals surface area contributed by atoms with Crippen LogP contribution < -0.4 is 10.6 Å². The third-order valence-electron chi connectivity index (χ3n) is 5.05. The van der Waals surface area contributed by atoms with Crippen LogP contribution in [0.2, 0.25) is 0 Å². The molecule has 3 amide bonds. The molecule has 148 valence electrons. The zero-order chi connectivity index (χ0) is 19.8. The molecule has 2 heterocycles. The first-order valence-corrected chi connectivity index (χ1v) is 9.89. The number of carbonyl (C=O) groups excluding carboxylic acids is 2. The Balaban J connectivity index is 1.41. The molecule has 1 aliphatic heterocycles. The van der Waals surface area contributed by atoms with E-state index in [1.54, 1.807) is 6.20 Å². The summed E-state index contributed by atoms with van der Waals surface area (Å²) in [4.78, 5) is 30.7. The van der Waals surface area contributed by atoms with Gasteiger partial charge in [-0.15, -0.1) is 0 Å². The number of anilines is 1. The molecule has 0 bridgehead atoms. The molecule has 1 fully saturated rings. The normalized spacial score (nSPS) is 16.5. The lowest BCUT2D eigenvalue weighted by molar-refractivity contribution is -0.121. The quantitative estimate of drug-likeness (QED) is 0.802. The molecule has 6 heteroatoms. The van der Waals surface area contributed by atoms with Crippen LogP contribution in [0.4, 0.5) is 10.5 Å². The van der Waals surface area contributed by atoms with Crippen molar-refractivity contribution in [2.75, 3.05) is 18.4 Å². The Morgan fingerprint density at radius 1 is 1.21 bits per heavy atom. The number of hydrogen-bond donors (Lipinski definition) is 2. The summed E-state index contributed by atoms with van der Waals surface area (Å²) >= 11 is 0. The summed E-state index contributed by atoms with van der Waals surface area (Å²) in [5, 5.41) is 5.89. The second kappa shape index (κ2) is 9.88. The summed E-state index contributed by atoms with van der Waals surface area (Å²) in [6, 6.07) is 13.4. The first-order chi connectivity index (χ1) is 13.6. The van der Waals surface area contributed by atoms with E-state index in [9.17, 15) is 9.59 Å². The van der Waals surface area contributed by atoms with Crippen LogP contribution >= 0.6 is 0 Å². The number of nitrogens with one attached hydrogen (secondary N) is 2. The number of urea groups is 1. The van der Waals surface area contributed by atoms with E-state index in [1.807, 2.05) is 54.3 Å². The molecular formula is C22H28N4O2. The Hall–Kier alpha value is -2.89. The Bertz CT molecular complexity index is 794. The summed E-state index contributed by atoms with van der Waals surface area (Å²) in [5.41, 5.74) is 2.79. The SMILES string of the molecule is Cc1cccc(NC(=O)N2CCC[C@H](CCC(=O)NCc3ccccn3)C2)c1. The van der Waals surface area contributed by atoms with E-state index in [0.29, 0.717) is 25.4 Å². The number of likely N-dealkylation sites (tertiary alicyclic amines) is 1. The van der Waals surface area contributed by atoms with Gasteiger partial charge in [0.25, 0.3) is 0 Å². The maximum Gasteiger partial charge on any atom is 0.321 e. The van der Waals surface area contributed by atoms with Crippen molar-refractivity contribution in [3.05, 3.63) is 59.9 Å². The molecule has 1 atom stereocenters. The van der Waals surface area contributed by atoms with Crippen LogP contribution in [-0.2, 0) is 11.3 Å². The van der Waals surface area contributed by atoms with Crippen LogP contribution in [0.5, 0.6) is 0 Å². The molecule has 1 aromatic heterocycles. The van der Waals surface area contributed by atoms with Crippen LogP contribution in [0.3, 0.4) is 0 Å². The third-order valence-corrected chi connectivity index (χ3v) is 5.05. The summed E-state index contributed by atoms with van der Waals surface area (Å²) < 4.78 is 0. The monoisotopic (exact) mass is 380 g/mol. The average Bonchev–Trinajstić information content (AvgIpc) is 2.72. The van der Waals surface area contributed by atoms with Crippen molar-refractivity contribution in [3.63, 3.8) is 0 Å². The van der Waals surface area contributed by atoms with Crippen molar-refractivity contribution >= 4 is 17.6 Å². The summed E-state index contributed by atoms with van der Waals surface area (Å²) in [6.45, 7) is 3.92. The smallest absolute Gasteiger partial charge is 0.321 e. The summed E-state index contributed by atoms with van der Waals surface area (Å²) in [7, 11) is 0. The van der Waals surface area contributed by atoms with Gasteiger partial charge in [-0.2, -0.15) is 0 Å². The third kappa shape index (κ3) is 6.08. The molecule has 0 unspecified atom stereocenters. The largest absolute Gasteiger partial charge is 0.350 e. The molecule has 0 spiro atoms. The lowest BCUT2D eigenvalue weighted by atomic mass is 9.93. The number of carbonyl (C=O) groups is 2. The molecular weight excluding hydrogens is 352 g/mol. The summed E-state index contributed by atoms with van der Waals surface area (Å²) in [5.74, 6) is 0.393. The van der Waals surface area contributed by atoms with Crippen molar-refractivity contribution in [3.8, 4) is 0 Å². The molecule has 0 saturated carbocycles. The molecule has 1 saturated heterocycles. The highest BCUT2D eigenvalue weighted by molar-refractivity contribution is 5.89. The molecule has 28 heavy (non-hydrogen) atoms. The maximum atomic E-state index is 12.6. The van der Waals surface area contributed by atoms with Gasteiger partial charge in [0.15, 0.2) is 0 Å². The highest BCUT2D eigenvalue weighted by Gasteiger charge is 2.24. The van der Waals surface area contributed by atoms with Crippen LogP contribution in [0, 0.1) is 12.8 Å². The van der Waals surface area contributed by atoms with E-state index in [0.717, 1.165) is 42.8 Å². The van der Waals surface area contributed by atoms with Crippen LogP contribution in [0.15, 0.2) is 48.7 Å². The van der Waals surface area contributed by atoms with Gasteiger partial charge >= 0.3 is 6.03 Å². The number of benzene rings is 1. The second-order valence-electron chi connectivity index (χ2n) is 7.39. The van der Waals surface area contributed by atoms with Crippen molar-refractivity contribution in [1.82, 2.24) is 15.2 Å². The van der Waals surface area contributed by atoms with Gasteiger partial charge in [0.05, 0.1) is 12.2 Å². The molecule has 6 nitrogen and oxygen atoms in total. The summed E-state index contributed by atoms with van der Waals surface area (Å²) in [6.07, 6.45) is 5.02. The molecule has 3 rings (SSSR count). The van der Waals surface area contributed by atoms with Crippen molar-refractivity contribution < 1.29 is 9.59 Å². The first kappa shape index (κ1) is 19.9. The molecule has 0 radical (unpaired) electrons. The van der Waals surface area contributed by atoms with E-state index < -0.39 is 0 Å². The van der Waals surface area contributed by atoms with E-state index in [1.165, 1.54) is 0 Å². The highest BCUT2D eigenvalue weighted by atomic mass is 16.2. The molecule has 2 N–H and O–H groups in total. The predicted molar refractivity (Wildman–Crippen MR) is 110 cm³/mol. The van der Waals surface area contributed by atoms with Gasteiger partial charge in [-0.1, -0.05) is 18.2 Å². The maximum absolute atomic E-state index is 12.6. The van der Waals surface area contributed by atoms with Crippen LogP contribution in [-0.4, -0.2) is 34.9 Å². The van der Waals surface area contributed by atoms with Crippen LogP contribution in [0.1, 0.15) is 36.9 Å². The van der Waals surface area contributed by atoms with Gasteiger partial charge in [0.2, 0.25) is 5.91 Å². The molecule has 2 aromatic rings. The van der Waals surface area contributed by atoms with Gasteiger partial charge < -0.3 is 15.5 Å². The number of amides is 3. The number of nitrogens with zero attached hydrogens (tertiary/aromatic N) is 2. The minimum absolute atomic E-state index is 0.0342. The fourth-order valence-corrected chi connectivity index (χ4v) is 3.53. The number of pyridine rings is 1. The Kier molecular flexibility index (Phi) is 7.00. The molecule has 1 aromatic carbocycles. The van der Waals surface area contributed by atoms with Gasteiger partial charge in [-0.3, -0.25) is 9.78 Å². The van der Waals surface area contributed by atoms with E-state index in [2.05, 4.69) is 15.6 Å². The number of aryl methyl sites for hydroxylation is 1. The zero-order valence-corrected chi connectivity index (χ0v) is 16.4. The lowest BCUT2D eigenvalue weighted by Crippen LogP contribution is -2.42. The Morgan fingerprint density at radius 2 is 2.11 bits per heavy atom. The van der Waals surface area contributed by atoms with Gasteiger partial charge in [-0.25, -0.2) is 4.79 Å².